The lowest BCUT2D eigenvalue weighted by atomic mass is 10.0. The average Bonchev–Trinajstić information content (AvgIpc) is 3.04. The number of rotatable bonds is 9. The van der Waals surface area contributed by atoms with Gasteiger partial charge in [-0.25, -0.2) is 13.2 Å². The number of amides is 3. The third-order valence-corrected chi connectivity index (χ3v) is 9.25. The predicted molar refractivity (Wildman–Crippen MR) is 164 cm³/mol. The summed E-state index contributed by atoms with van der Waals surface area (Å²) in [4.78, 5) is 27.8. The Labute approximate surface area is 252 Å². The summed E-state index contributed by atoms with van der Waals surface area (Å²) in [6.07, 6.45) is -0.675. The van der Waals surface area contributed by atoms with Gasteiger partial charge in [-0.05, 0) is 61.5 Å². The van der Waals surface area contributed by atoms with E-state index in [-0.39, 0.29) is 42.8 Å². The van der Waals surface area contributed by atoms with Crippen molar-refractivity contribution in [3.63, 3.8) is 0 Å². The lowest BCUT2D eigenvalue weighted by molar-refractivity contribution is -0.134. The normalized spacial score (nSPS) is 18.0. The first kappa shape index (κ1) is 31.8. The molecule has 3 N–H and O–H groups in total. The fourth-order valence-electron chi connectivity index (χ4n) is 4.82. The molecule has 4 rings (SSSR count). The highest BCUT2D eigenvalue weighted by Gasteiger charge is 2.33. The molecule has 1 heterocycles. The number of aliphatic hydroxyl groups excluding tert-OH is 1. The van der Waals surface area contributed by atoms with E-state index in [1.807, 2.05) is 25.1 Å². The van der Waals surface area contributed by atoms with Gasteiger partial charge in [-0.3, -0.25) is 4.79 Å². The van der Waals surface area contributed by atoms with Crippen molar-refractivity contribution >= 4 is 33.3 Å². The summed E-state index contributed by atoms with van der Waals surface area (Å²) in [7, 11) is -0.868. The summed E-state index contributed by atoms with van der Waals surface area (Å²) in [5.74, 6) is 0.435. The number of fused-ring (bicyclic) bond motifs is 1. The number of sulfonamides is 1. The summed E-state index contributed by atoms with van der Waals surface area (Å²) in [5.41, 5.74) is 1.60. The highest BCUT2D eigenvalue weighted by molar-refractivity contribution is 7.89. The molecule has 1 aliphatic rings. The van der Waals surface area contributed by atoms with Crippen LogP contribution >= 0.6 is 0 Å². The van der Waals surface area contributed by atoms with E-state index < -0.39 is 28.2 Å². The lowest BCUT2D eigenvalue weighted by Gasteiger charge is -2.33. The lowest BCUT2D eigenvalue weighted by Crippen LogP contribution is -2.48. The second-order valence-corrected chi connectivity index (χ2v) is 12.7. The second-order valence-electron chi connectivity index (χ2n) is 10.6. The van der Waals surface area contributed by atoms with Crippen LogP contribution in [0.1, 0.15) is 19.4 Å². The maximum atomic E-state index is 13.5. The number of benzene rings is 3. The Kier molecular flexibility index (Phi) is 10.3. The van der Waals surface area contributed by atoms with Crippen molar-refractivity contribution in [2.24, 2.45) is 5.92 Å². The smallest absolute Gasteiger partial charge is 0.323 e. The summed E-state index contributed by atoms with van der Waals surface area (Å²) in [6, 6.07) is 19.2. The van der Waals surface area contributed by atoms with Gasteiger partial charge in [-0.15, -0.1) is 0 Å². The molecular weight excluding hydrogens is 572 g/mol. The number of anilines is 2. The van der Waals surface area contributed by atoms with Gasteiger partial charge < -0.3 is 30.1 Å². The molecule has 0 unspecified atom stereocenters. The molecule has 0 aromatic heterocycles. The molecule has 43 heavy (non-hydrogen) atoms. The minimum Gasteiger partial charge on any atom is -0.497 e. The third kappa shape index (κ3) is 7.83. The van der Waals surface area contributed by atoms with Crippen molar-refractivity contribution in [1.82, 2.24) is 9.21 Å². The van der Waals surface area contributed by atoms with Crippen LogP contribution in [0.25, 0.3) is 0 Å². The zero-order chi connectivity index (χ0) is 31.1. The molecule has 0 saturated heterocycles. The maximum absolute atomic E-state index is 13.5. The van der Waals surface area contributed by atoms with Crippen molar-refractivity contribution in [1.29, 1.82) is 0 Å². The maximum Gasteiger partial charge on any atom is 0.323 e. The number of carbonyl (C=O) groups excluding carboxylic acids is 2. The van der Waals surface area contributed by atoms with Gasteiger partial charge in [0, 0.05) is 36.4 Å². The van der Waals surface area contributed by atoms with E-state index in [2.05, 4.69) is 10.6 Å². The number of hydrogen-bond acceptors (Lipinski definition) is 7. The largest absolute Gasteiger partial charge is 0.497 e. The van der Waals surface area contributed by atoms with Gasteiger partial charge in [0.1, 0.15) is 17.6 Å². The van der Waals surface area contributed by atoms with Gasteiger partial charge in [0.2, 0.25) is 15.9 Å². The number of likely N-dealkylation sites (N-methyl/N-ethyl adjacent to an activating group) is 1. The van der Waals surface area contributed by atoms with Crippen molar-refractivity contribution in [3.05, 3.63) is 78.4 Å². The number of nitrogens with zero attached hydrogens (tertiary/aromatic N) is 2. The van der Waals surface area contributed by atoms with Crippen molar-refractivity contribution in [2.45, 2.75) is 37.3 Å². The van der Waals surface area contributed by atoms with Crippen LogP contribution in [0.15, 0.2) is 77.7 Å². The number of para-hydroxylation sites is 1. The quantitative estimate of drug-likeness (QED) is 0.335. The number of methoxy groups -OCH3 is 1. The zero-order valence-corrected chi connectivity index (χ0v) is 25.5. The fraction of sp³-hybridized carbons (Fsp3) is 0.355. The van der Waals surface area contributed by atoms with Crippen molar-refractivity contribution in [2.75, 3.05) is 44.5 Å². The van der Waals surface area contributed by atoms with E-state index in [0.29, 0.717) is 28.4 Å². The second kappa shape index (κ2) is 13.9. The molecule has 3 atom stereocenters. The summed E-state index contributed by atoms with van der Waals surface area (Å²) >= 11 is 0. The Bertz CT molecular complexity index is 1520. The monoisotopic (exact) mass is 610 g/mol. The highest BCUT2D eigenvalue weighted by atomic mass is 32.2. The molecule has 0 spiro atoms. The first-order chi connectivity index (χ1) is 20.5. The molecular formula is C31H38N4O7S. The van der Waals surface area contributed by atoms with Gasteiger partial charge in [0.15, 0.2) is 0 Å². The molecule has 0 bridgehead atoms. The van der Waals surface area contributed by atoms with E-state index in [1.54, 1.807) is 54.3 Å². The molecule has 11 nitrogen and oxygen atoms in total. The Morgan fingerprint density at radius 3 is 2.42 bits per heavy atom. The molecule has 3 aromatic carbocycles. The summed E-state index contributed by atoms with van der Waals surface area (Å²) in [5, 5.41) is 15.4. The fourth-order valence-corrected chi connectivity index (χ4v) is 6.00. The van der Waals surface area contributed by atoms with Gasteiger partial charge >= 0.3 is 6.03 Å². The summed E-state index contributed by atoms with van der Waals surface area (Å²) < 4.78 is 39.6. The van der Waals surface area contributed by atoms with Crippen LogP contribution in [0.5, 0.6) is 11.5 Å². The van der Waals surface area contributed by atoms with Crippen molar-refractivity contribution in [3.8, 4) is 11.5 Å². The molecule has 230 valence electrons. The molecule has 1 aliphatic heterocycles. The van der Waals surface area contributed by atoms with Crippen LogP contribution in [-0.4, -0.2) is 80.7 Å². The number of ether oxygens (including phenoxy) is 2. The van der Waals surface area contributed by atoms with Gasteiger partial charge in [0.25, 0.3) is 0 Å². The number of aliphatic hydroxyl groups is 1. The minimum atomic E-state index is -3.86. The first-order valence-corrected chi connectivity index (χ1v) is 15.4. The van der Waals surface area contributed by atoms with E-state index in [1.165, 1.54) is 30.6 Å². The van der Waals surface area contributed by atoms with Crippen LogP contribution in [0.4, 0.5) is 16.2 Å². The molecule has 0 aliphatic carbocycles. The number of urea groups is 1. The molecule has 3 aromatic rings. The van der Waals surface area contributed by atoms with Crippen LogP contribution in [0.3, 0.4) is 0 Å². The predicted octanol–water partition coefficient (Wildman–Crippen LogP) is 3.81. The molecule has 0 saturated carbocycles. The zero-order valence-electron chi connectivity index (χ0n) is 24.7. The topological polar surface area (TPSA) is 138 Å². The standard InChI is InChI=1S/C31H38N4O7S/c1-21-18-35(22(2)20-36)30(37)17-23-16-25(33-31(38)32-24-8-6-5-7-9-24)10-15-28(23)42-29(21)19-34(3)43(39,40)27-13-11-26(41-4)12-14-27/h5-16,21-22,29,36H,17-20H2,1-4H3,(H2,32,33,38)/t21-,22-,29-/m0/s1. The number of nitrogens with one attached hydrogen (secondary N) is 2. The molecule has 0 fully saturated rings. The highest BCUT2D eigenvalue weighted by Crippen LogP contribution is 2.30. The van der Waals surface area contributed by atoms with Gasteiger partial charge in [-0.2, -0.15) is 4.31 Å². The van der Waals surface area contributed by atoms with E-state index in [4.69, 9.17) is 9.47 Å². The Balaban J connectivity index is 1.61. The Morgan fingerprint density at radius 1 is 1.09 bits per heavy atom. The van der Waals surface area contributed by atoms with E-state index in [9.17, 15) is 23.1 Å². The first-order valence-electron chi connectivity index (χ1n) is 13.9. The summed E-state index contributed by atoms with van der Waals surface area (Å²) in [6.45, 7) is 3.66. The number of hydrogen-bond donors (Lipinski definition) is 3. The Hall–Kier alpha value is -4.13. The van der Waals surface area contributed by atoms with Crippen LogP contribution in [0.2, 0.25) is 0 Å². The number of carbonyl (C=O) groups is 2. The van der Waals surface area contributed by atoms with Gasteiger partial charge in [-0.1, -0.05) is 25.1 Å². The van der Waals surface area contributed by atoms with Gasteiger partial charge in [0.05, 0.1) is 37.6 Å². The molecule has 0 radical (unpaired) electrons. The van der Waals surface area contributed by atoms with Crippen LogP contribution < -0.4 is 20.1 Å². The Morgan fingerprint density at radius 2 is 1.77 bits per heavy atom. The minimum absolute atomic E-state index is 0.00396. The molecule has 3 amide bonds. The third-order valence-electron chi connectivity index (χ3n) is 7.41. The van der Waals surface area contributed by atoms with Crippen molar-refractivity contribution < 1.29 is 32.6 Å². The van der Waals surface area contributed by atoms with E-state index >= 15 is 0 Å². The van der Waals surface area contributed by atoms with Crippen LogP contribution in [-0.2, 0) is 21.2 Å². The average molecular weight is 611 g/mol. The van der Waals surface area contributed by atoms with E-state index in [0.717, 1.165) is 0 Å². The molecule has 12 heteroatoms. The van der Waals surface area contributed by atoms with Crippen LogP contribution in [0, 0.1) is 5.92 Å². The SMILES string of the molecule is COc1ccc(S(=O)(=O)N(C)C[C@@H]2Oc3ccc(NC(=O)Nc4ccccc4)cc3CC(=O)N([C@@H](C)CO)C[C@@H]2C)cc1.